The lowest BCUT2D eigenvalue weighted by Gasteiger charge is -2.26. The first kappa shape index (κ1) is 15.4. The normalized spacial score (nSPS) is 22.9. The predicted molar refractivity (Wildman–Crippen MR) is 97.2 cm³/mol. The number of hydrogen-bond acceptors (Lipinski definition) is 1. The highest BCUT2D eigenvalue weighted by Crippen LogP contribution is 2.41. The van der Waals surface area contributed by atoms with E-state index in [1.807, 2.05) is 0 Å². The van der Waals surface area contributed by atoms with Gasteiger partial charge >= 0.3 is 0 Å². The molecular formula is C21H29N. The Morgan fingerprint density at radius 2 is 1.73 bits per heavy atom. The van der Waals surface area contributed by atoms with Gasteiger partial charge in [0.2, 0.25) is 0 Å². The molecule has 1 aromatic carbocycles. The van der Waals surface area contributed by atoms with Gasteiger partial charge in [0.1, 0.15) is 0 Å². The van der Waals surface area contributed by atoms with E-state index in [0.29, 0.717) is 12.0 Å². The Balaban J connectivity index is 1.96. The molecule has 1 N–H and O–H groups in total. The second kappa shape index (κ2) is 6.32. The monoisotopic (exact) mass is 295 g/mol. The van der Waals surface area contributed by atoms with Gasteiger partial charge in [-0.1, -0.05) is 49.5 Å². The van der Waals surface area contributed by atoms with Crippen molar-refractivity contribution in [2.45, 2.75) is 65.8 Å². The molecule has 2 aliphatic rings. The molecular weight excluding hydrogens is 266 g/mol. The summed E-state index contributed by atoms with van der Waals surface area (Å²) < 4.78 is 0. The first-order chi connectivity index (χ1) is 10.6. The molecule has 118 valence electrons. The maximum Gasteiger partial charge on any atom is 0.0422 e. The minimum atomic E-state index is 0.568. The number of rotatable bonds is 3. The third-order valence-corrected chi connectivity index (χ3v) is 5.38. The van der Waals surface area contributed by atoms with Gasteiger partial charge in [-0.05, 0) is 62.8 Å². The van der Waals surface area contributed by atoms with E-state index in [4.69, 9.17) is 0 Å². The fourth-order valence-corrected chi connectivity index (χ4v) is 4.00. The molecule has 0 heterocycles. The lowest BCUT2D eigenvalue weighted by Crippen LogP contribution is -2.22. The Hall–Kier alpha value is -1.50. The van der Waals surface area contributed by atoms with E-state index >= 15 is 0 Å². The molecule has 2 aliphatic carbocycles. The fourth-order valence-electron chi connectivity index (χ4n) is 4.00. The third kappa shape index (κ3) is 2.99. The first-order valence-corrected chi connectivity index (χ1v) is 8.83. The van der Waals surface area contributed by atoms with E-state index in [2.05, 4.69) is 57.3 Å². The van der Waals surface area contributed by atoms with E-state index in [-0.39, 0.29) is 0 Å². The van der Waals surface area contributed by atoms with Gasteiger partial charge in [0.05, 0.1) is 0 Å². The number of nitrogens with one attached hydrogen (secondary N) is 1. The molecule has 0 spiro atoms. The van der Waals surface area contributed by atoms with E-state index in [1.165, 1.54) is 65.6 Å². The van der Waals surface area contributed by atoms with Crippen LogP contribution in [0.2, 0.25) is 0 Å². The van der Waals surface area contributed by atoms with Gasteiger partial charge in [-0.2, -0.15) is 0 Å². The van der Waals surface area contributed by atoms with E-state index < -0.39 is 0 Å². The van der Waals surface area contributed by atoms with Crippen molar-refractivity contribution in [3.05, 3.63) is 46.5 Å². The van der Waals surface area contributed by atoms with Crippen LogP contribution in [-0.4, -0.2) is 6.04 Å². The van der Waals surface area contributed by atoms with Crippen molar-refractivity contribution in [2.24, 2.45) is 5.92 Å². The Labute approximate surface area is 135 Å². The summed E-state index contributed by atoms with van der Waals surface area (Å²) in [6, 6.07) is 7.54. The van der Waals surface area contributed by atoms with Crippen LogP contribution in [-0.2, 0) is 0 Å². The summed E-state index contributed by atoms with van der Waals surface area (Å²) in [5.41, 5.74) is 8.48. The summed E-state index contributed by atoms with van der Waals surface area (Å²) in [4.78, 5) is 0. The Kier molecular flexibility index (Phi) is 4.42. The lowest BCUT2D eigenvalue weighted by atomic mass is 9.92. The zero-order chi connectivity index (χ0) is 15.7. The van der Waals surface area contributed by atoms with Gasteiger partial charge in [-0.3, -0.25) is 0 Å². The van der Waals surface area contributed by atoms with Crippen LogP contribution in [0.1, 0.15) is 64.0 Å². The van der Waals surface area contributed by atoms with Crippen molar-refractivity contribution in [2.75, 3.05) is 5.32 Å². The minimum absolute atomic E-state index is 0.568. The summed E-state index contributed by atoms with van der Waals surface area (Å²) in [7, 11) is 0. The van der Waals surface area contributed by atoms with Crippen molar-refractivity contribution < 1.29 is 0 Å². The third-order valence-electron chi connectivity index (χ3n) is 5.38. The van der Waals surface area contributed by atoms with Crippen molar-refractivity contribution in [1.29, 1.82) is 0 Å². The maximum atomic E-state index is 3.85. The second-order valence-corrected chi connectivity index (χ2v) is 7.22. The van der Waals surface area contributed by atoms with E-state index in [1.54, 1.807) is 0 Å². The van der Waals surface area contributed by atoms with Gasteiger partial charge in [-0.15, -0.1) is 0 Å². The largest absolute Gasteiger partial charge is 0.382 e. The Morgan fingerprint density at radius 1 is 1.00 bits per heavy atom. The predicted octanol–water partition coefficient (Wildman–Crippen LogP) is 6.11. The molecule has 0 bridgehead atoms. The highest BCUT2D eigenvalue weighted by Gasteiger charge is 2.22. The number of hydrogen-bond donors (Lipinski definition) is 1. The molecule has 0 amide bonds. The van der Waals surface area contributed by atoms with Crippen molar-refractivity contribution in [3.63, 3.8) is 0 Å². The zero-order valence-corrected chi connectivity index (χ0v) is 14.5. The molecule has 1 nitrogen and oxygen atoms in total. The summed E-state index contributed by atoms with van der Waals surface area (Å²) in [6.45, 7) is 9.05. The Morgan fingerprint density at radius 3 is 2.36 bits per heavy atom. The van der Waals surface area contributed by atoms with Crippen LogP contribution in [0.15, 0.2) is 35.4 Å². The van der Waals surface area contributed by atoms with Crippen LogP contribution in [0.3, 0.4) is 0 Å². The molecule has 0 saturated heterocycles. The quantitative estimate of drug-likeness (QED) is 0.709. The first-order valence-electron chi connectivity index (χ1n) is 8.83. The van der Waals surface area contributed by atoms with Gasteiger partial charge < -0.3 is 5.32 Å². The van der Waals surface area contributed by atoms with E-state index in [9.17, 15) is 0 Å². The van der Waals surface area contributed by atoms with Gasteiger partial charge in [0.25, 0.3) is 0 Å². The standard InChI is InChI=1S/C21H29N/c1-14-10-11-20(22-18-8-6-5-7-9-18)19(12-14)21-16(3)13-15(2)17(21)4/h10-13,15,18,22H,5-9H2,1-4H3. The van der Waals surface area contributed by atoms with E-state index in [0.717, 1.165) is 0 Å². The summed E-state index contributed by atoms with van der Waals surface area (Å²) in [5, 5.41) is 3.85. The number of allylic oxidation sites excluding steroid dienone is 4. The average molecular weight is 295 g/mol. The summed E-state index contributed by atoms with van der Waals surface area (Å²) in [5.74, 6) is 0.568. The van der Waals surface area contributed by atoms with Crippen LogP contribution in [0, 0.1) is 12.8 Å². The van der Waals surface area contributed by atoms with Crippen molar-refractivity contribution in [1.82, 2.24) is 0 Å². The molecule has 22 heavy (non-hydrogen) atoms. The molecule has 0 aliphatic heterocycles. The SMILES string of the molecule is CC1=CC(C)C(C)=C1c1cc(C)ccc1NC1CCCCC1. The smallest absolute Gasteiger partial charge is 0.0422 e. The molecule has 1 unspecified atom stereocenters. The van der Waals surface area contributed by atoms with Crippen LogP contribution in [0.25, 0.3) is 5.57 Å². The molecule has 1 heteroatoms. The molecule has 0 radical (unpaired) electrons. The molecule has 3 rings (SSSR count). The van der Waals surface area contributed by atoms with Gasteiger partial charge in [0.15, 0.2) is 0 Å². The van der Waals surface area contributed by atoms with Crippen molar-refractivity contribution in [3.8, 4) is 0 Å². The average Bonchev–Trinajstić information content (AvgIpc) is 2.75. The van der Waals surface area contributed by atoms with Gasteiger partial charge in [-0.25, -0.2) is 0 Å². The van der Waals surface area contributed by atoms with Crippen LogP contribution < -0.4 is 5.32 Å². The zero-order valence-electron chi connectivity index (χ0n) is 14.5. The van der Waals surface area contributed by atoms with Gasteiger partial charge in [0, 0.05) is 17.3 Å². The lowest BCUT2D eigenvalue weighted by molar-refractivity contribution is 0.462. The molecule has 0 aromatic heterocycles. The molecule has 1 saturated carbocycles. The van der Waals surface area contributed by atoms with Crippen LogP contribution >= 0.6 is 0 Å². The topological polar surface area (TPSA) is 12.0 Å². The summed E-state index contributed by atoms with van der Waals surface area (Å²) >= 11 is 0. The summed E-state index contributed by atoms with van der Waals surface area (Å²) in [6.07, 6.45) is 9.18. The number of anilines is 1. The maximum absolute atomic E-state index is 3.85. The molecule has 1 aromatic rings. The fraction of sp³-hybridized carbons (Fsp3) is 0.524. The highest BCUT2D eigenvalue weighted by atomic mass is 14.9. The minimum Gasteiger partial charge on any atom is -0.382 e. The second-order valence-electron chi connectivity index (χ2n) is 7.22. The molecule has 1 fully saturated rings. The molecule has 1 atom stereocenters. The number of benzene rings is 1. The van der Waals surface area contributed by atoms with Crippen LogP contribution in [0.4, 0.5) is 5.69 Å². The number of aryl methyl sites for hydroxylation is 1. The Bertz CT molecular complexity index is 615. The van der Waals surface area contributed by atoms with Crippen molar-refractivity contribution >= 4 is 11.3 Å². The highest BCUT2D eigenvalue weighted by molar-refractivity contribution is 5.89. The van der Waals surface area contributed by atoms with Crippen LogP contribution in [0.5, 0.6) is 0 Å².